The Morgan fingerprint density at radius 1 is 1.08 bits per heavy atom. The summed E-state index contributed by atoms with van der Waals surface area (Å²) in [5, 5.41) is 2.98. The number of pyridine rings is 1. The Hall–Kier alpha value is -3.73. The van der Waals surface area contributed by atoms with Crippen molar-refractivity contribution in [2.24, 2.45) is 0 Å². The molecular formula is C26H22N6O2S2. The number of morpholine rings is 1. The third-order valence-corrected chi connectivity index (χ3v) is 8.04. The first kappa shape index (κ1) is 22.7. The maximum atomic E-state index is 12.7. The number of anilines is 2. The second kappa shape index (κ2) is 9.73. The molecule has 1 fully saturated rings. The van der Waals surface area contributed by atoms with E-state index in [-0.39, 0.29) is 5.91 Å². The van der Waals surface area contributed by atoms with Crippen LogP contribution in [0.15, 0.2) is 60.4 Å². The quantitative estimate of drug-likeness (QED) is 0.341. The number of rotatable bonds is 5. The molecule has 1 aliphatic heterocycles. The number of ether oxygens (including phenoxy) is 1. The second-order valence-electron chi connectivity index (χ2n) is 8.34. The highest BCUT2D eigenvalue weighted by molar-refractivity contribution is 7.22. The summed E-state index contributed by atoms with van der Waals surface area (Å²) in [5.41, 5.74) is 5.86. The van der Waals surface area contributed by atoms with E-state index in [1.165, 1.54) is 11.3 Å². The van der Waals surface area contributed by atoms with Crippen LogP contribution >= 0.6 is 22.7 Å². The average Bonchev–Trinajstić information content (AvgIpc) is 3.55. The van der Waals surface area contributed by atoms with Crippen molar-refractivity contribution < 1.29 is 9.53 Å². The SMILES string of the molecule is Cc1ncsc1C(=O)Nc1cccc(-c2nc(N3CCOCC3)c3sc(-c4cccnc4)cc3n2)c1. The highest BCUT2D eigenvalue weighted by Gasteiger charge is 2.21. The number of hydrogen-bond acceptors (Lipinski definition) is 9. The van der Waals surface area contributed by atoms with Gasteiger partial charge in [-0.3, -0.25) is 9.78 Å². The highest BCUT2D eigenvalue weighted by Crippen LogP contribution is 2.38. The molecule has 6 rings (SSSR count). The van der Waals surface area contributed by atoms with Gasteiger partial charge in [-0.05, 0) is 31.2 Å². The minimum Gasteiger partial charge on any atom is -0.378 e. The average molecular weight is 515 g/mol. The number of hydrogen-bond donors (Lipinski definition) is 1. The maximum Gasteiger partial charge on any atom is 0.267 e. The van der Waals surface area contributed by atoms with Crippen molar-refractivity contribution in [3.8, 4) is 21.8 Å². The lowest BCUT2D eigenvalue weighted by molar-refractivity contribution is 0.103. The number of amides is 1. The zero-order valence-electron chi connectivity index (χ0n) is 19.5. The molecule has 36 heavy (non-hydrogen) atoms. The number of benzene rings is 1. The summed E-state index contributed by atoms with van der Waals surface area (Å²) in [7, 11) is 0. The largest absolute Gasteiger partial charge is 0.378 e. The summed E-state index contributed by atoms with van der Waals surface area (Å²) in [6, 6.07) is 13.7. The minimum absolute atomic E-state index is 0.170. The lowest BCUT2D eigenvalue weighted by Crippen LogP contribution is -2.36. The molecule has 10 heteroatoms. The van der Waals surface area contributed by atoms with E-state index >= 15 is 0 Å². The summed E-state index contributed by atoms with van der Waals surface area (Å²) in [6.07, 6.45) is 3.64. The molecule has 180 valence electrons. The number of nitrogens with one attached hydrogen (secondary N) is 1. The van der Waals surface area contributed by atoms with Crippen molar-refractivity contribution in [2.75, 3.05) is 36.5 Å². The molecule has 1 aliphatic rings. The molecule has 1 N–H and O–H groups in total. The Kier molecular flexibility index (Phi) is 6.14. The van der Waals surface area contributed by atoms with Crippen LogP contribution in [0.3, 0.4) is 0 Å². The molecule has 1 amide bonds. The van der Waals surface area contributed by atoms with Gasteiger partial charge in [0.25, 0.3) is 5.91 Å². The van der Waals surface area contributed by atoms with Gasteiger partial charge >= 0.3 is 0 Å². The van der Waals surface area contributed by atoms with E-state index in [9.17, 15) is 4.79 Å². The number of carbonyl (C=O) groups excluding carboxylic acids is 1. The molecule has 0 bridgehead atoms. The summed E-state index contributed by atoms with van der Waals surface area (Å²) < 4.78 is 6.63. The van der Waals surface area contributed by atoms with E-state index in [0.29, 0.717) is 29.6 Å². The number of nitrogens with zero attached hydrogens (tertiary/aromatic N) is 5. The first-order valence-electron chi connectivity index (χ1n) is 11.5. The Morgan fingerprint density at radius 2 is 1.94 bits per heavy atom. The summed E-state index contributed by atoms with van der Waals surface area (Å²) >= 11 is 3.01. The van der Waals surface area contributed by atoms with Crippen molar-refractivity contribution in [1.82, 2.24) is 19.9 Å². The Bertz CT molecular complexity index is 1540. The fourth-order valence-corrected chi connectivity index (χ4v) is 5.93. The molecule has 0 spiro atoms. The zero-order valence-corrected chi connectivity index (χ0v) is 21.1. The lowest BCUT2D eigenvalue weighted by Gasteiger charge is -2.28. The minimum atomic E-state index is -0.170. The van der Waals surface area contributed by atoms with Crippen LogP contribution in [0.1, 0.15) is 15.4 Å². The predicted octanol–water partition coefficient (Wildman–Crippen LogP) is 5.27. The molecule has 5 heterocycles. The zero-order chi connectivity index (χ0) is 24.5. The van der Waals surface area contributed by atoms with Crippen molar-refractivity contribution >= 4 is 50.3 Å². The van der Waals surface area contributed by atoms with Gasteiger partial charge in [0.1, 0.15) is 4.88 Å². The molecule has 5 aromatic rings. The predicted molar refractivity (Wildman–Crippen MR) is 144 cm³/mol. The number of carbonyl (C=O) groups is 1. The van der Waals surface area contributed by atoms with Crippen LogP contribution in [0.5, 0.6) is 0 Å². The number of aromatic nitrogens is 4. The third-order valence-electron chi connectivity index (χ3n) is 5.94. The van der Waals surface area contributed by atoms with Crippen molar-refractivity contribution in [3.05, 3.63) is 70.9 Å². The smallest absolute Gasteiger partial charge is 0.267 e. The first-order chi connectivity index (χ1) is 17.7. The van der Waals surface area contributed by atoms with Gasteiger partial charge in [-0.15, -0.1) is 22.7 Å². The summed E-state index contributed by atoms with van der Waals surface area (Å²) in [6.45, 7) is 4.71. The van der Waals surface area contributed by atoms with Crippen molar-refractivity contribution in [3.63, 3.8) is 0 Å². The van der Waals surface area contributed by atoms with Crippen LogP contribution in [-0.4, -0.2) is 52.1 Å². The van der Waals surface area contributed by atoms with Gasteiger partial charge in [-0.1, -0.05) is 18.2 Å². The van der Waals surface area contributed by atoms with Crippen LogP contribution in [0.4, 0.5) is 11.5 Å². The van der Waals surface area contributed by atoms with Gasteiger partial charge in [-0.2, -0.15) is 0 Å². The van der Waals surface area contributed by atoms with Crippen molar-refractivity contribution in [1.29, 1.82) is 0 Å². The molecule has 0 radical (unpaired) electrons. The molecule has 0 saturated carbocycles. The molecule has 1 saturated heterocycles. The molecule has 1 aromatic carbocycles. The van der Waals surface area contributed by atoms with E-state index in [1.807, 2.05) is 43.5 Å². The second-order valence-corrected chi connectivity index (χ2v) is 10.2. The van der Waals surface area contributed by atoms with Gasteiger partial charge in [0.05, 0.1) is 34.6 Å². The maximum absolute atomic E-state index is 12.7. The molecule has 0 aliphatic carbocycles. The highest BCUT2D eigenvalue weighted by atomic mass is 32.1. The van der Waals surface area contributed by atoms with Crippen LogP contribution in [-0.2, 0) is 4.74 Å². The Labute approximate surface area is 215 Å². The van der Waals surface area contributed by atoms with E-state index in [1.54, 1.807) is 23.0 Å². The molecule has 4 aromatic heterocycles. The monoisotopic (exact) mass is 514 g/mol. The van der Waals surface area contributed by atoms with E-state index in [0.717, 1.165) is 50.8 Å². The van der Waals surface area contributed by atoms with Gasteiger partial charge in [0, 0.05) is 47.2 Å². The third kappa shape index (κ3) is 4.46. The molecule has 0 unspecified atom stereocenters. The van der Waals surface area contributed by atoms with Crippen LogP contribution in [0.2, 0.25) is 0 Å². The fraction of sp³-hybridized carbons (Fsp3) is 0.192. The van der Waals surface area contributed by atoms with Crippen molar-refractivity contribution in [2.45, 2.75) is 6.92 Å². The molecule has 8 nitrogen and oxygen atoms in total. The first-order valence-corrected chi connectivity index (χ1v) is 13.2. The lowest BCUT2D eigenvalue weighted by atomic mass is 10.1. The van der Waals surface area contributed by atoms with Crippen LogP contribution in [0.25, 0.3) is 32.0 Å². The van der Waals surface area contributed by atoms with Gasteiger partial charge in [-0.25, -0.2) is 15.0 Å². The molecular weight excluding hydrogens is 492 g/mol. The van der Waals surface area contributed by atoms with E-state index in [2.05, 4.69) is 32.3 Å². The van der Waals surface area contributed by atoms with E-state index in [4.69, 9.17) is 14.7 Å². The molecule has 0 atom stereocenters. The topological polar surface area (TPSA) is 93.1 Å². The summed E-state index contributed by atoms with van der Waals surface area (Å²) in [5.74, 6) is 1.36. The van der Waals surface area contributed by atoms with Gasteiger partial charge < -0.3 is 15.0 Å². The van der Waals surface area contributed by atoms with Gasteiger partial charge in [0.2, 0.25) is 0 Å². The normalized spacial score (nSPS) is 13.8. The number of aryl methyl sites for hydroxylation is 1. The number of thiazole rings is 1. The Balaban J connectivity index is 1.40. The van der Waals surface area contributed by atoms with Gasteiger partial charge in [0.15, 0.2) is 11.6 Å². The van der Waals surface area contributed by atoms with E-state index < -0.39 is 0 Å². The van der Waals surface area contributed by atoms with Crippen LogP contribution in [0, 0.1) is 6.92 Å². The number of fused-ring (bicyclic) bond motifs is 1. The fourth-order valence-electron chi connectivity index (χ4n) is 4.13. The number of thiophene rings is 1. The standard InChI is InChI=1S/C26H22N6O2S2/c1-16-22(35-15-28-16)26(33)29-19-6-2-4-17(12-19)24-30-20-13-21(18-5-3-7-27-14-18)36-23(20)25(31-24)32-8-10-34-11-9-32/h2-7,12-15H,8-11H2,1H3,(H,29,33). The Morgan fingerprint density at radius 3 is 2.72 bits per heavy atom. The summed E-state index contributed by atoms with van der Waals surface area (Å²) in [4.78, 5) is 35.1. The van der Waals surface area contributed by atoms with Crippen LogP contribution < -0.4 is 10.2 Å².